The molecule has 2 N–H and O–H groups in total. The van der Waals surface area contributed by atoms with Crippen molar-refractivity contribution in [2.24, 2.45) is 0 Å². The van der Waals surface area contributed by atoms with Crippen LogP contribution in [-0.4, -0.2) is 7.11 Å². The summed E-state index contributed by atoms with van der Waals surface area (Å²) in [4.78, 5) is 0. The minimum absolute atomic E-state index is 0. The van der Waals surface area contributed by atoms with Gasteiger partial charge < -0.3 is 10.5 Å². The molecule has 0 bridgehead atoms. The second-order valence-electron chi connectivity index (χ2n) is 3.19. The maximum atomic E-state index is 5.89. The third-order valence-electron chi connectivity index (χ3n) is 2.06. The zero-order chi connectivity index (χ0) is 10.0. The Morgan fingerprint density at radius 2 is 2.15 bits per heavy atom. The van der Waals surface area contributed by atoms with Crippen molar-refractivity contribution >= 4 is 11.3 Å². The average Bonchev–Trinajstić information content (AvgIpc) is 2.09. The quantitative estimate of drug-likeness (QED) is 0.708. The summed E-state index contributed by atoms with van der Waals surface area (Å²) in [6.45, 7) is 7.76. The van der Waals surface area contributed by atoms with Crippen LogP contribution in [0, 0.1) is 6.92 Å². The zero-order valence-corrected chi connectivity index (χ0v) is 8.35. The molecule has 0 amide bonds. The fourth-order valence-electron chi connectivity index (χ4n) is 1.24. The second kappa shape index (κ2) is 3.52. The lowest BCUT2D eigenvalue weighted by molar-refractivity contribution is 0.414. The van der Waals surface area contributed by atoms with E-state index in [0.29, 0.717) is 0 Å². The van der Waals surface area contributed by atoms with Gasteiger partial charge in [0.15, 0.2) is 0 Å². The lowest BCUT2D eigenvalue weighted by Gasteiger charge is -2.10. The van der Waals surface area contributed by atoms with E-state index in [1.807, 2.05) is 26.0 Å². The molecule has 0 unspecified atom stereocenters. The predicted molar refractivity (Wildman–Crippen MR) is 59.0 cm³/mol. The van der Waals surface area contributed by atoms with Crippen LogP contribution in [0.4, 0.5) is 5.69 Å². The molecule has 0 atom stereocenters. The van der Waals surface area contributed by atoms with Crippen LogP contribution in [0.3, 0.4) is 0 Å². The van der Waals surface area contributed by atoms with Crippen LogP contribution in [0.5, 0.6) is 5.75 Å². The van der Waals surface area contributed by atoms with E-state index in [1.54, 1.807) is 7.11 Å². The molecule has 2 nitrogen and oxygen atoms in total. The normalized spacial score (nSPS) is 9.77. The maximum absolute atomic E-state index is 5.89. The maximum Gasteiger partial charge on any atom is 0.119 e. The van der Waals surface area contributed by atoms with Gasteiger partial charge in [-0.05, 0) is 37.1 Å². The molecule has 0 aliphatic rings. The first-order valence-corrected chi connectivity index (χ1v) is 4.16. The van der Waals surface area contributed by atoms with E-state index in [9.17, 15) is 0 Å². The molecule has 0 fully saturated rings. The van der Waals surface area contributed by atoms with Gasteiger partial charge >= 0.3 is 0 Å². The predicted octanol–water partition coefficient (Wildman–Crippen LogP) is 2.86. The minimum atomic E-state index is 0. The van der Waals surface area contributed by atoms with Crippen LogP contribution in [0.25, 0.3) is 5.57 Å². The Kier molecular flexibility index (Phi) is 2.61. The number of ether oxygens (including phenoxy) is 1. The number of hydrogen-bond acceptors (Lipinski definition) is 2. The number of rotatable bonds is 2. The number of aryl methyl sites for hydroxylation is 1. The van der Waals surface area contributed by atoms with E-state index in [2.05, 4.69) is 6.58 Å². The molecule has 0 aromatic heterocycles. The van der Waals surface area contributed by atoms with Crippen molar-refractivity contribution in [2.45, 2.75) is 13.8 Å². The van der Waals surface area contributed by atoms with E-state index in [-0.39, 0.29) is 1.43 Å². The van der Waals surface area contributed by atoms with Crippen molar-refractivity contribution in [3.63, 3.8) is 0 Å². The molecule has 1 rings (SSSR count). The first kappa shape index (κ1) is 9.65. The van der Waals surface area contributed by atoms with Gasteiger partial charge in [0.2, 0.25) is 0 Å². The Morgan fingerprint density at radius 1 is 1.54 bits per heavy atom. The molecular formula is C11H17NO. The van der Waals surface area contributed by atoms with Gasteiger partial charge in [-0.1, -0.05) is 6.58 Å². The van der Waals surface area contributed by atoms with Gasteiger partial charge in [0, 0.05) is 12.7 Å². The summed E-state index contributed by atoms with van der Waals surface area (Å²) < 4.78 is 5.14. The van der Waals surface area contributed by atoms with Crippen LogP contribution >= 0.6 is 0 Å². The summed E-state index contributed by atoms with van der Waals surface area (Å²) in [5, 5.41) is 0. The van der Waals surface area contributed by atoms with Crippen molar-refractivity contribution in [3.05, 3.63) is 29.8 Å². The fourth-order valence-corrected chi connectivity index (χ4v) is 1.24. The molecule has 13 heavy (non-hydrogen) atoms. The van der Waals surface area contributed by atoms with E-state index in [1.165, 1.54) is 0 Å². The van der Waals surface area contributed by atoms with Gasteiger partial charge in [0.1, 0.15) is 5.75 Å². The number of nitrogen functional groups attached to an aromatic ring is 1. The Labute approximate surface area is 80.5 Å². The van der Waals surface area contributed by atoms with Crippen LogP contribution in [-0.2, 0) is 0 Å². The molecule has 0 aliphatic heterocycles. The van der Waals surface area contributed by atoms with Crippen LogP contribution in [0.2, 0.25) is 0 Å². The summed E-state index contributed by atoms with van der Waals surface area (Å²) in [5.41, 5.74) is 9.63. The molecule has 2 heteroatoms. The standard InChI is InChI=1S/C11H15NO.H2/c1-7(2)10-6-9(13-4)5-8(3)11(10)12;/h5-6H,1,12H2,2-4H3;1H. The van der Waals surface area contributed by atoms with Crippen LogP contribution < -0.4 is 10.5 Å². The average molecular weight is 179 g/mol. The molecule has 0 saturated carbocycles. The van der Waals surface area contributed by atoms with E-state index < -0.39 is 0 Å². The molecular weight excluding hydrogens is 162 g/mol. The number of hydrogen-bond donors (Lipinski definition) is 1. The van der Waals surface area contributed by atoms with E-state index in [0.717, 1.165) is 28.1 Å². The van der Waals surface area contributed by atoms with Crippen molar-refractivity contribution in [3.8, 4) is 5.75 Å². The Morgan fingerprint density at radius 3 is 2.62 bits per heavy atom. The summed E-state index contributed by atoms with van der Waals surface area (Å²) in [6.07, 6.45) is 0. The first-order valence-electron chi connectivity index (χ1n) is 4.16. The topological polar surface area (TPSA) is 35.2 Å². The zero-order valence-electron chi connectivity index (χ0n) is 8.35. The summed E-state index contributed by atoms with van der Waals surface area (Å²) in [6, 6.07) is 3.83. The first-order chi connectivity index (χ1) is 6.06. The minimum Gasteiger partial charge on any atom is -0.497 e. The van der Waals surface area contributed by atoms with Crippen molar-refractivity contribution in [1.82, 2.24) is 0 Å². The number of benzene rings is 1. The summed E-state index contributed by atoms with van der Waals surface area (Å²) >= 11 is 0. The highest BCUT2D eigenvalue weighted by atomic mass is 16.5. The second-order valence-corrected chi connectivity index (χ2v) is 3.19. The molecule has 0 aliphatic carbocycles. The summed E-state index contributed by atoms with van der Waals surface area (Å²) in [7, 11) is 1.65. The van der Waals surface area contributed by atoms with Gasteiger partial charge in [-0.15, -0.1) is 0 Å². The molecule has 1 aromatic carbocycles. The fraction of sp³-hybridized carbons (Fsp3) is 0.273. The highest BCUT2D eigenvalue weighted by Crippen LogP contribution is 2.28. The third kappa shape index (κ3) is 1.83. The number of allylic oxidation sites excluding steroid dienone is 1. The van der Waals surface area contributed by atoms with Gasteiger partial charge in [0.05, 0.1) is 7.11 Å². The third-order valence-corrected chi connectivity index (χ3v) is 2.06. The smallest absolute Gasteiger partial charge is 0.119 e. The van der Waals surface area contributed by atoms with E-state index >= 15 is 0 Å². The molecule has 0 radical (unpaired) electrons. The van der Waals surface area contributed by atoms with Gasteiger partial charge in [-0.3, -0.25) is 0 Å². The molecule has 72 valence electrons. The summed E-state index contributed by atoms with van der Waals surface area (Å²) in [5.74, 6) is 0.824. The largest absolute Gasteiger partial charge is 0.497 e. The monoisotopic (exact) mass is 179 g/mol. The number of methoxy groups -OCH3 is 1. The Balaban J connectivity index is 0.00000169. The van der Waals surface area contributed by atoms with Crippen molar-refractivity contribution < 1.29 is 6.16 Å². The molecule has 1 aromatic rings. The molecule has 0 heterocycles. The Hall–Kier alpha value is -1.44. The lowest BCUT2D eigenvalue weighted by atomic mass is 10.0. The van der Waals surface area contributed by atoms with Gasteiger partial charge in [-0.25, -0.2) is 0 Å². The highest BCUT2D eigenvalue weighted by Gasteiger charge is 2.05. The van der Waals surface area contributed by atoms with Crippen LogP contribution in [0.15, 0.2) is 18.7 Å². The van der Waals surface area contributed by atoms with Crippen molar-refractivity contribution in [1.29, 1.82) is 0 Å². The van der Waals surface area contributed by atoms with Gasteiger partial charge in [0.25, 0.3) is 0 Å². The highest BCUT2D eigenvalue weighted by molar-refractivity contribution is 5.75. The molecule has 0 spiro atoms. The lowest BCUT2D eigenvalue weighted by Crippen LogP contribution is -1.96. The number of nitrogens with two attached hydrogens (primary N) is 1. The Bertz CT molecular complexity index is 347. The SMILES string of the molecule is C=C(C)c1cc(OC)cc(C)c1N.[HH]. The number of anilines is 1. The van der Waals surface area contributed by atoms with Gasteiger partial charge in [-0.2, -0.15) is 0 Å². The van der Waals surface area contributed by atoms with E-state index in [4.69, 9.17) is 10.5 Å². The van der Waals surface area contributed by atoms with Crippen LogP contribution in [0.1, 0.15) is 19.5 Å². The molecule has 0 saturated heterocycles. The van der Waals surface area contributed by atoms with Crippen molar-refractivity contribution in [2.75, 3.05) is 12.8 Å².